The van der Waals surface area contributed by atoms with Crippen molar-refractivity contribution >= 4 is 0 Å². The number of nitrogens with zero attached hydrogens (tertiary/aromatic N) is 2. The van der Waals surface area contributed by atoms with E-state index in [0.717, 1.165) is 43.7 Å². The minimum Gasteiger partial charge on any atom is -0.391 e. The van der Waals surface area contributed by atoms with Gasteiger partial charge < -0.3 is 5.11 Å². The number of aryl methyl sites for hydroxylation is 1. The first-order chi connectivity index (χ1) is 9.41. The van der Waals surface area contributed by atoms with Crippen LogP contribution in [0.4, 0.5) is 0 Å². The van der Waals surface area contributed by atoms with Gasteiger partial charge in [0.25, 0.3) is 0 Å². The highest BCUT2D eigenvalue weighted by Crippen LogP contribution is 2.37. The average molecular weight is 276 g/mol. The molecule has 1 aliphatic rings. The fourth-order valence-corrected chi connectivity index (χ4v) is 3.27. The molecule has 0 aromatic carbocycles. The molecule has 0 aliphatic heterocycles. The van der Waals surface area contributed by atoms with Crippen molar-refractivity contribution in [3.63, 3.8) is 0 Å². The van der Waals surface area contributed by atoms with Crippen LogP contribution in [-0.2, 0) is 6.54 Å². The molecule has 1 fully saturated rings. The van der Waals surface area contributed by atoms with Crippen LogP contribution in [0.5, 0.6) is 0 Å². The van der Waals surface area contributed by atoms with Crippen molar-refractivity contribution in [1.82, 2.24) is 9.88 Å². The fourth-order valence-electron chi connectivity index (χ4n) is 3.27. The minimum atomic E-state index is -0.201. The highest BCUT2D eigenvalue weighted by molar-refractivity contribution is 5.10. The Bertz CT molecular complexity index is 444. The topological polar surface area (TPSA) is 36.4 Å². The number of aliphatic hydroxyl groups excluding tert-OH is 1. The van der Waals surface area contributed by atoms with Gasteiger partial charge in [-0.2, -0.15) is 0 Å². The lowest BCUT2D eigenvalue weighted by Crippen LogP contribution is -2.48. The molecule has 20 heavy (non-hydrogen) atoms. The molecule has 2 atom stereocenters. The normalized spacial score (nSPS) is 25.9. The van der Waals surface area contributed by atoms with Gasteiger partial charge in [0.05, 0.1) is 11.8 Å². The Morgan fingerprint density at radius 1 is 1.40 bits per heavy atom. The number of aromatic nitrogens is 1. The molecule has 2 unspecified atom stereocenters. The second kappa shape index (κ2) is 6.23. The van der Waals surface area contributed by atoms with Gasteiger partial charge in [0.15, 0.2) is 0 Å². The Labute approximate surface area is 123 Å². The quantitative estimate of drug-likeness (QED) is 0.917. The van der Waals surface area contributed by atoms with E-state index in [-0.39, 0.29) is 12.1 Å². The summed E-state index contributed by atoms with van der Waals surface area (Å²) in [5.41, 5.74) is 2.49. The van der Waals surface area contributed by atoms with Crippen LogP contribution in [0.3, 0.4) is 0 Å². The number of pyridine rings is 1. The zero-order valence-corrected chi connectivity index (χ0v) is 13.3. The van der Waals surface area contributed by atoms with Crippen molar-refractivity contribution in [2.45, 2.75) is 65.6 Å². The maximum absolute atomic E-state index is 10.4. The largest absolute Gasteiger partial charge is 0.391 e. The summed E-state index contributed by atoms with van der Waals surface area (Å²) in [6, 6.07) is 6.42. The molecule has 1 saturated carbocycles. The van der Waals surface area contributed by atoms with Crippen LogP contribution in [0.2, 0.25) is 0 Å². The summed E-state index contributed by atoms with van der Waals surface area (Å²) in [4.78, 5) is 6.98. The molecule has 1 aliphatic carbocycles. The van der Waals surface area contributed by atoms with Crippen molar-refractivity contribution in [3.8, 4) is 0 Å². The first-order valence-electron chi connectivity index (χ1n) is 7.76. The van der Waals surface area contributed by atoms with Crippen LogP contribution in [0.1, 0.15) is 51.4 Å². The summed E-state index contributed by atoms with van der Waals surface area (Å²) >= 11 is 0. The van der Waals surface area contributed by atoms with E-state index >= 15 is 0 Å². The van der Waals surface area contributed by atoms with Gasteiger partial charge in [-0.1, -0.05) is 26.8 Å². The Hall–Kier alpha value is -0.930. The van der Waals surface area contributed by atoms with Crippen molar-refractivity contribution in [1.29, 1.82) is 0 Å². The van der Waals surface area contributed by atoms with Gasteiger partial charge in [0, 0.05) is 18.3 Å². The van der Waals surface area contributed by atoms with Crippen LogP contribution in [-0.4, -0.2) is 33.7 Å². The summed E-state index contributed by atoms with van der Waals surface area (Å²) in [6.07, 6.45) is 2.89. The van der Waals surface area contributed by atoms with Gasteiger partial charge in [-0.15, -0.1) is 0 Å². The predicted octanol–water partition coefficient (Wildman–Crippen LogP) is 3.15. The average Bonchev–Trinajstić information content (AvgIpc) is 2.39. The van der Waals surface area contributed by atoms with Gasteiger partial charge in [-0.3, -0.25) is 9.88 Å². The Morgan fingerprint density at radius 2 is 2.15 bits per heavy atom. The molecule has 1 aromatic heterocycles. The molecular weight excluding hydrogens is 248 g/mol. The van der Waals surface area contributed by atoms with Crippen molar-refractivity contribution in [2.75, 3.05) is 6.54 Å². The van der Waals surface area contributed by atoms with Crippen LogP contribution < -0.4 is 0 Å². The maximum atomic E-state index is 10.4. The lowest BCUT2D eigenvalue weighted by Gasteiger charge is -2.43. The molecule has 1 N–H and O–H groups in total. The number of hydrogen-bond donors (Lipinski definition) is 1. The lowest BCUT2D eigenvalue weighted by molar-refractivity contribution is -0.0191. The van der Waals surface area contributed by atoms with E-state index in [2.05, 4.69) is 42.8 Å². The third-order valence-electron chi connectivity index (χ3n) is 4.51. The molecule has 2 rings (SSSR count). The summed E-state index contributed by atoms with van der Waals surface area (Å²) in [7, 11) is 0. The summed E-state index contributed by atoms with van der Waals surface area (Å²) in [6.45, 7) is 10.6. The number of aliphatic hydroxyl groups is 1. The van der Waals surface area contributed by atoms with Crippen LogP contribution in [0.25, 0.3) is 0 Å². The Kier molecular flexibility index (Phi) is 4.82. The van der Waals surface area contributed by atoms with E-state index in [9.17, 15) is 5.11 Å². The number of rotatable bonds is 4. The van der Waals surface area contributed by atoms with Gasteiger partial charge in [0.1, 0.15) is 0 Å². The minimum absolute atomic E-state index is 0.201. The molecule has 112 valence electrons. The van der Waals surface area contributed by atoms with Gasteiger partial charge in [-0.25, -0.2) is 0 Å². The van der Waals surface area contributed by atoms with E-state index in [0.29, 0.717) is 5.41 Å². The zero-order chi connectivity index (χ0) is 14.8. The lowest BCUT2D eigenvalue weighted by atomic mass is 9.73. The maximum Gasteiger partial charge on any atom is 0.0695 e. The third kappa shape index (κ3) is 3.80. The Balaban J connectivity index is 2.10. The molecule has 1 heterocycles. The summed E-state index contributed by atoms with van der Waals surface area (Å²) in [5.74, 6) is 0. The second-order valence-corrected chi connectivity index (χ2v) is 6.88. The predicted molar refractivity (Wildman–Crippen MR) is 82.5 cm³/mol. The first kappa shape index (κ1) is 15.5. The van der Waals surface area contributed by atoms with Crippen LogP contribution in [0, 0.1) is 12.3 Å². The number of hydrogen-bond acceptors (Lipinski definition) is 3. The highest BCUT2D eigenvalue weighted by atomic mass is 16.3. The molecule has 0 radical (unpaired) electrons. The summed E-state index contributed by atoms with van der Waals surface area (Å²) in [5, 5.41) is 10.4. The molecule has 0 bridgehead atoms. The van der Waals surface area contributed by atoms with Crippen LogP contribution >= 0.6 is 0 Å². The van der Waals surface area contributed by atoms with Crippen LogP contribution in [0.15, 0.2) is 18.2 Å². The fraction of sp³-hybridized carbons (Fsp3) is 0.706. The van der Waals surface area contributed by atoms with Crippen molar-refractivity contribution < 1.29 is 5.11 Å². The molecule has 1 aromatic rings. The molecule has 3 heteroatoms. The van der Waals surface area contributed by atoms with Gasteiger partial charge >= 0.3 is 0 Å². The molecule has 0 saturated heterocycles. The van der Waals surface area contributed by atoms with Crippen molar-refractivity contribution in [2.24, 2.45) is 5.41 Å². The first-order valence-corrected chi connectivity index (χ1v) is 7.76. The molecule has 3 nitrogen and oxygen atoms in total. The number of likely N-dealkylation sites (N-methyl/N-ethyl adjacent to an activating group) is 1. The van der Waals surface area contributed by atoms with E-state index in [1.807, 2.05) is 13.0 Å². The molecule has 0 amide bonds. The van der Waals surface area contributed by atoms with Crippen molar-refractivity contribution in [3.05, 3.63) is 29.6 Å². The van der Waals surface area contributed by atoms with E-state index in [4.69, 9.17) is 0 Å². The van der Waals surface area contributed by atoms with Gasteiger partial charge in [-0.05, 0) is 50.3 Å². The third-order valence-corrected chi connectivity index (χ3v) is 4.51. The van der Waals surface area contributed by atoms with E-state index in [1.54, 1.807) is 0 Å². The standard InChI is InChI=1S/C17H28N2O/c1-5-19(12-14-8-6-7-13(2)18-14)15-11-17(3,4)10-9-16(15)20/h6-8,15-16,20H,5,9-12H2,1-4H3. The zero-order valence-electron chi connectivity index (χ0n) is 13.3. The van der Waals surface area contributed by atoms with E-state index in [1.165, 1.54) is 0 Å². The summed E-state index contributed by atoms with van der Waals surface area (Å²) < 4.78 is 0. The Morgan fingerprint density at radius 3 is 2.80 bits per heavy atom. The smallest absolute Gasteiger partial charge is 0.0695 e. The van der Waals surface area contributed by atoms with E-state index < -0.39 is 0 Å². The second-order valence-electron chi connectivity index (χ2n) is 6.88. The highest BCUT2D eigenvalue weighted by Gasteiger charge is 2.36. The van der Waals surface area contributed by atoms with Gasteiger partial charge in [0.2, 0.25) is 0 Å². The molecule has 0 spiro atoms. The SMILES string of the molecule is CCN(Cc1cccc(C)n1)C1CC(C)(C)CCC1O. The molecular formula is C17H28N2O. The monoisotopic (exact) mass is 276 g/mol.